The number of piperidine rings is 1. The number of aromatic hydroxyl groups is 1. The van der Waals surface area contributed by atoms with Crippen LogP contribution in [0.4, 0.5) is 8.78 Å². The Balaban J connectivity index is 1.10. The van der Waals surface area contributed by atoms with E-state index in [4.69, 9.17) is 9.72 Å². The number of hydrogen-bond donors (Lipinski definition) is 3. The summed E-state index contributed by atoms with van der Waals surface area (Å²) >= 11 is 0. The van der Waals surface area contributed by atoms with Crippen LogP contribution in [0.25, 0.3) is 33.5 Å². The highest BCUT2D eigenvalue weighted by molar-refractivity contribution is 5.94. The number of phenolic OH excluding ortho intramolecular Hbond substituents is 1. The summed E-state index contributed by atoms with van der Waals surface area (Å²) in [6.07, 6.45) is 3.31. The summed E-state index contributed by atoms with van der Waals surface area (Å²) in [5.41, 5.74) is 4.54. The molecule has 7 rings (SSSR count). The summed E-state index contributed by atoms with van der Waals surface area (Å²) in [6.45, 7) is 6.85. The number of likely N-dealkylation sites (tertiary alicyclic amines) is 1. The number of imidazole rings is 1. The number of fused-ring (bicyclic) bond motifs is 2. The molecule has 2 fully saturated rings. The Bertz CT molecular complexity index is 1650. The quantitative estimate of drug-likeness (QED) is 0.337. The van der Waals surface area contributed by atoms with Crippen LogP contribution < -0.4 is 0 Å². The summed E-state index contributed by atoms with van der Waals surface area (Å²) in [7, 11) is 0. The number of halogens is 2. The molecule has 2 aromatic heterocycles. The van der Waals surface area contributed by atoms with Gasteiger partial charge in [0.1, 0.15) is 11.5 Å². The number of nitrogens with zero attached hydrogens (tertiary/aromatic N) is 4. The Morgan fingerprint density at radius 1 is 1.12 bits per heavy atom. The normalized spacial score (nSPS) is 18.6. The van der Waals surface area contributed by atoms with Crippen LogP contribution >= 0.6 is 0 Å². The molecule has 9 nitrogen and oxygen atoms in total. The third-order valence-electron chi connectivity index (χ3n) is 8.98. The molecule has 3 N–H and O–H groups in total. The first-order valence-corrected chi connectivity index (χ1v) is 14.2. The van der Waals surface area contributed by atoms with Crippen molar-refractivity contribution in [2.45, 2.75) is 39.2 Å². The SMILES string of the molecule is CCc1cc(O)c(F)cc1-c1cc(F)c2c(-c3nc4c([nH]3)CN(C(=O)CN3CCC5(CC3)COC5)CC4)n[nH]c2c1. The average Bonchev–Trinajstić information content (AvgIpc) is 3.58. The third kappa shape index (κ3) is 4.57. The van der Waals surface area contributed by atoms with Gasteiger partial charge in [-0.3, -0.25) is 14.8 Å². The number of rotatable bonds is 5. The number of H-pyrrole nitrogens is 2. The van der Waals surface area contributed by atoms with Crippen LogP contribution in [-0.4, -0.2) is 80.4 Å². The minimum atomic E-state index is -0.759. The van der Waals surface area contributed by atoms with E-state index < -0.39 is 17.4 Å². The van der Waals surface area contributed by atoms with Crippen molar-refractivity contribution in [3.63, 3.8) is 0 Å². The Morgan fingerprint density at radius 3 is 2.66 bits per heavy atom. The fraction of sp³-hybridized carbons (Fsp3) is 0.433. The van der Waals surface area contributed by atoms with Gasteiger partial charge in [0.2, 0.25) is 5.91 Å². The lowest BCUT2D eigenvalue weighted by Gasteiger charge is -2.47. The van der Waals surface area contributed by atoms with Gasteiger partial charge in [-0.05, 0) is 73.3 Å². The van der Waals surface area contributed by atoms with E-state index >= 15 is 4.39 Å². The Hall–Kier alpha value is -3.83. The topological polar surface area (TPSA) is 110 Å². The van der Waals surface area contributed by atoms with Gasteiger partial charge < -0.3 is 19.7 Å². The number of ether oxygens (including phenoxy) is 1. The van der Waals surface area contributed by atoms with Gasteiger partial charge in [-0.15, -0.1) is 0 Å². The number of carbonyl (C=O) groups is 1. The second kappa shape index (κ2) is 9.92. The average molecular weight is 563 g/mol. The fourth-order valence-corrected chi connectivity index (χ4v) is 6.38. The zero-order chi connectivity index (χ0) is 28.3. The van der Waals surface area contributed by atoms with Crippen molar-refractivity contribution in [1.29, 1.82) is 0 Å². The molecule has 2 aromatic carbocycles. The predicted octanol–water partition coefficient (Wildman–Crippen LogP) is 4.16. The van der Waals surface area contributed by atoms with E-state index in [1.54, 1.807) is 6.07 Å². The lowest BCUT2D eigenvalue weighted by Crippen LogP contribution is -2.52. The van der Waals surface area contributed by atoms with Crippen LogP contribution in [0.5, 0.6) is 5.75 Å². The van der Waals surface area contributed by atoms with Gasteiger partial charge in [0, 0.05) is 18.4 Å². The van der Waals surface area contributed by atoms with Crippen molar-refractivity contribution in [2.75, 3.05) is 39.4 Å². The van der Waals surface area contributed by atoms with E-state index in [1.165, 1.54) is 18.2 Å². The number of aromatic amines is 2. The number of carbonyl (C=O) groups excluding carboxylic acids is 1. The Morgan fingerprint density at radius 2 is 1.93 bits per heavy atom. The number of amides is 1. The smallest absolute Gasteiger partial charge is 0.237 e. The maximum Gasteiger partial charge on any atom is 0.237 e. The van der Waals surface area contributed by atoms with Crippen LogP contribution in [0.3, 0.4) is 0 Å². The van der Waals surface area contributed by atoms with Crippen molar-refractivity contribution in [3.05, 3.63) is 52.9 Å². The molecule has 1 spiro atoms. The van der Waals surface area contributed by atoms with E-state index in [1.807, 2.05) is 11.8 Å². The molecule has 0 atom stereocenters. The van der Waals surface area contributed by atoms with E-state index in [-0.39, 0.29) is 11.3 Å². The molecule has 2 saturated heterocycles. The van der Waals surface area contributed by atoms with Crippen LogP contribution in [-0.2, 0) is 28.9 Å². The summed E-state index contributed by atoms with van der Waals surface area (Å²) in [4.78, 5) is 25.2. The fourth-order valence-electron chi connectivity index (χ4n) is 6.38. The van der Waals surface area contributed by atoms with Crippen molar-refractivity contribution in [3.8, 4) is 28.4 Å². The molecule has 0 saturated carbocycles. The highest BCUT2D eigenvalue weighted by Gasteiger charge is 2.41. The molecular weight excluding hydrogens is 530 g/mol. The van der Waals surface area contributed by atoms with Crippen LogP contribution in [0.1, 0.15) is 36.7 Å². The van der Waals surface area contributed by atoms with Gasteiger partial charge in [-0.25, -0.2) is 13.8 Å². The lowest BCUT2D eigenvalue weighted by molar-refractivity contribution is -0.146. The standard InChI is InChI=1S/C30H32F2N6O3/c1-2-17-11-25(39)20(31)12-19(17)18-9-21(32)27-23(10-18)35-36-28(27)29-33-22-3-6-38(13-24(22)34-29)26(40)14-37-7-4-30(5-8-37)15-41-16-30/h9-12,39H,2-8,13-16H2,1H3,(H,33,34)(H,35,36). The molecule has 3 aliphatic rings. The molecule has 0 unspecified atom stereocenters. The number of phenols is 1. The van der Waals surface area contributed by atoms with Crippen LogP contribution in [0.2, 0.25) is 0 Å². The first kappa shape index (κ1) is 26.1. The summed E-state index contributed by atoms with van der Waals surface area (Å²) in [6, 6.07) is 5.68. The maximum atomic E-state index is 15.6. The number of aryl methyl sites for hydroxylation is 1. The molecular formula is C30H32F2N6O3. The van der Waals surface area contributed by atoms with E-state index in [2.05, 4.69) is 20.1 Å². The second-order valence-corrected chi connectivity index (χ2v) is 11.6. The predicted molar refractivity (Wildman–Crippen MR) is 148 cm³/mol. The van der Waals surface area contributed by atoms with Crippen molar-refractivity contribution >= 4 is 16.8 Å². The van der Waals surface area contributed by atoms with E-state index in [9.17, 15) is 14.3 Å². The zero-order valence-electron chi connectivity index (χ0n) is 22.9. The maximum absolute atomic E-state index is 15.6. The third-order valence-corrected chi connectivity index (χ3v) is 8.98. The van der Waals surface area contributed by atoms with Gasteiger partial charge in [0.25, 0.3) is 0 Å². The van der Waals surface area contributed by atoms with Gasteiger partial charge in [-0.2, -0.15) is 5.10 Å². The minimum absolute atomic E-state index is 0.105. The lowest BCUT2D eigenvalue weighted by atomic mass is 9.77. The number of nitrogens with one attached hydrogen (secondary N) is 2. The Kier molecular flexibility index (Phi) is 6.31. The molecule has 1 amide bonds. The number of hydrogen-bond acceptors (Lipinski definition) is 6. The van der Waals surface area contributed by atoms with Gasteiger partial charge in [0.15, 0.2) is 17.4 Å². The molecule has 214 valence electrons. The second-order valence-electron chi connectivity index (χ2n) is 11.6. The highest BCUT2D eigenvalue weighted by atomic mass is 19.1. The highest BCUT2D eigenvalue weighted by Crippen LogP contribution is 2.39. The summed E-state index contributed by atoms with van der Waals surface area (Å²) in [5.74, 6) is -1.16. The van der Waals surface area contributed by atoms with Crippen molar-refractivity contribution < 1.29 is 23.4 Å². The van der Waals surface area contributed by atoms with E-state index in [0.717, 1.165) is 50.5 Å². The number of aromatic nitrogens is 4. The van der Waals surface area contributed by atoms with Crippen molar-refractivity contribution in [1.82, 2.24) is 30.0 Å². The monoisotopic (exact) mass is 562 g/mol. The van der Waals surface area contributed by atoms with Crippen molar-refractivity contribution in [2.24, 2.45) is 5.41 Å². The molecule has 0 aliphatic carbocycles. The molecule has 0 bridgehead atoms. The summed E-state index contributed by atoms with van der Waals surface area (Å²) < 4.78 is 35.1. The molecule has 3 aliphatic heterocycles. The van der Waals surface area contributed by atoms with Gasteiger partial charge >= 0.3 is 0 Å². The Labute approximate surface area is 235 Å². The van der Waals surface area contributed by atoms with Crippen LogP contribution in [0, 0.1) is 17.0 Å². The molecule has 0 radical (unpaired) electrons. The molecule has 4 aromatic rings. The van der Waals surface area contributed by atoms with Crippen LogP contribution in [0.15, 0.2) is 24.3 Å². The first-order valence-electron chi connectivity index (χ1n) is 14.2. The largest absolute Gasteiger partial charge is 0.505 e. The first-order chi connectivity index (χ1) is 19.8. The minimum Gasteiger partial charge on any atom is -0.505 e. The molecule has 5 heterocycles. The van der Waals surface area contributed by atoms with Gasteiger partial charge in [0.05, 0.1) is 48.6 Å². The summed E-state index contributed by atoms with van der Waals surface area (Å²) in [5, 5.41) is 17.3. The zero-order valence-corrected chi connectivity index (χ0v) is 22.9. The van der Waals surface area contributed by atoms with Gasteiger partial charge in [-0.1, -0.05) is 6.92 Å². The van der Waals surface area contributed by atoms with E-state index in [0.29, 0.717) is 71.6 Å². The molecule has 11 heteroatoms. The number of benzene rings is 2. The molecule has 41 heavy (non-hydrogen) atoms.